The van der Waals surface area contributed by atoms with Crippen LogP contribution in [-0.2, 0) is 11.5 Å². The number of aromatic nitrogens is 5. The van der Waals surface area contributed by atoms with Crippen molar-refractivity contribution in [1.82, 2.24) is 25.4 Å². The first kappa shape index (κ1) is 8.66. The van der Waals surface area contributed by atoms with Gasteiger partial charge in [-0.1, -0.05) is 0 Å². The van der Waals surface area contributed by atoms with Crippen molar-refractivity contribution in [2.45, 2.75) is 11.5 Å². The smallest absolute Gasteiger partial charge is 0.255 e. The van der Waals surface area contributed by atoms with Crippen molar-refractivity contribution in [1.29, 1.82) is 0 Å². The fraction of sp³-hybridized carbons (Fsp3) is 0.250. The predicted molar refractivity (Wildman–Crippen MR) is 55.2 cm³/mol. The predicted octanol–water partition coefficient (Wildman–Crippen LogP) is 0.302. The zero-order chi connectivity index (χ0) is 10.3. The van der Waals surface area contributed by atoms with E-state index >= 15 is 0 Å². The number of thioether (sulfide) groups is 1. The molecule has 2 N–H and O–H groups in total. The molecule has 1 aliphatic heterocycles. The van der Waals surface area contributed by atoms with Crippen LogP contribution in [0.15, 0.2) is 11.0 Å². The highest BCUT2D eigenvalue weighted by Gasteiger charge is 2.18. The minimum atomic E-state index is -0.0667. The lowest BCUT2D eigenvalue weighted by Crippen LogP contribution is -2.15. The molecule has 1 aliphatic rings. The summed E-state index contributed by atoms with van der Waals surface area (Å²) < 4.78 is 0. The number of hydrogen-bond acceptors (Lipinski definition) is 5. The zero-order valence-corrected chi connectivity index (χ0v) is 8.47. The molecule has 0 amide bonds. The molecular formula is C8H7N5OS. The molecule has 3 rings (SSSR count). The number of fused-ring (bicyclic) bond motifs is 1. The molecule has 7 heteroatoms. The van der Waals surface area contributed by atoms with Gasteiger partial charge in [0.25, 0.3) is 5.56 Å². The summed E-state index contributed by atoms with van der Waals surface area (Å²) in [6.45, 7) is 0. The van der Waals surface area contributed by atoms with Crippen molar-refractivity contribution in [2.75, 3.05) is 0 Å². The summed E-state index contributed by atoms with van der Waals surface area (Å²) in [4.78, 5) is 18.7. The summed E-state index contributed by atoms with van der Waals surface area (Å²) in [6.07, 6.45) is 1.53. The summed E-state index contributed by atoms with van der Waals surface area (Å²) >= 11 is 1.70. The Bertz CT molecular complexity index is 547. The number of hydrogen-bond donors (Lipinski definition) is 2. The van der Waals surface area contributed by atoms with Gasteiger partial charge in [0, 0.05) is 17.1 Å². The van der Waals surface area contributed by atoms with Crippen LogP contribution < -0.4 is 5.56 Å². The van der Waals surface area contributed by atoms with E-state index in [-0.39, 0.29) is 5.56 Å². The highest BCUT2D eigenvalue weighted by atomic mass is 32.2. The van der Waals surface area contributed by atoms with E-state index < -0.39 is 0 Å². The number of rotatable bonds is 1. The van der Waals surface area contributed by atoms with Gasteiger partial charge in [-0.2, -0.15) is 27.2 Å². The average Bonchev–Trinajstić information content (AvgIpc) is 2.88. The van der Waals surface area contributed by atoms with Crippen LogP contribution in [0.3, 0.4) is 0 Å². The maximum Gasteiger partial charge on any atom is 0.255 e. The topological polar surface area (TPSA) is 87.3 Å². The van der Waals surface area contributed by atoms with E-state index in [1.54, 1.807) is 11.8 Å². The first-order chi connectivity index (χ1) is 7.34. The van der Waals surface area contributed by atoms with Gasteiger partial charge < -0.3 is 4.98 Å². The molecule has 0 fully saturated rings. The first-order valence-electron chi connectivity index (χ1n) is 4.40. The summed E-state index contributed by atoms with van der Waals surface area (Å²) in [6, 6.07) is 0. The fourth-order valence-corrected chi connectivity index (χ4v) is 2.54. The third-order valence-electron chi connectivity index (χ3n) is 2.24. The van der Waals surface area contributed by atoms with Crippen LogP contribution in [0.1, 0.15) is 11.3 Å². The molecule has 0 radical (unpaired) electrons. The Labute approximate surface area is 88.5 Å². The van der Waals surface area contributed by atoms with Crippen molar-refractivity contribution < 1.29 is 0 Å². The Morgan fingerprint density at radius 1 is 1.40 bits per heavy atom. The Morgan fingerprint density at radius 2 is 2.33 bits per heavy atom. The number of aromatic amines is 2. The van der Waals surface area contributed by atoms with Gasteiger partial charge in [-0.05, 0) is 0 Å². The second-order valence-corrected chi connectivity index (χ2v) is 4.17. The molecule has 3 heterocycles. The van der Waals surface area contributed by atoms with Crippen LogP contribution in [0.4, 0.5) is 0 Å². The van der Waals surface area contributed by atoms with Gasteiger partial charge in [0.05, 0.1) is 11.9 Å². The van der Waals surface area contributed by atoms with E-state index in [1.165, 1.54) is 6.20 Å². The van der Waals surface area contributed by atoms with Crippen LogP contribution in [0.25, 0.3) is 11.5 Å². The SMILES string of the molecule is O=c1[nH]c(-c2cn[nH]n2)nc2c1CSC2. The van der Waals surface area contributed by atoms with Crippen molar-refractivity contribution in [2.24, 2.45) is 0 Å². The number of H-pyrrole nitrogens is 2. The molecule has 0 aromatic carbocycles. The minimum Gasteiger partial charge on any atom is -0.305 e. The second-order valence-electron chi connectivity index (χ2n) is 3.19. The molecule has 2 aromatic heterocycles. The third-order valence-corrected chi connectivity index (χ3v) is 3.21. The monoisotopic (exact) mass is 221 g/mol. The largest absolute Gasteiger partial charge is 0.305 e. The van der Waals surface area contributed by atoms with Crippen molar-refractivity contribution in [3.63, 3.8) is 0 Å². The van der Waals surface area contributed by atoms with Crippen LogP contribution in [0.2, 0.25) is 0 Å². The Morgan fingerprint density at radius 3 is 3.13 bits per heavy atom. The molecular weight excluding hydrogens is 214 g/mol. The lowest BCUT2D eigenvalue weighted by molar-refractivity contribution is 0.934. The van der Waals surface area contributed by atoms with E-state index in [2.05, 4.69) is 25.4 Å². The standard InChI is InChI=1S/C8H7N5OS/c14-8-4-2-15-3-6(4)10-7(11-8)5-1-9-13-12-5/h1H,2-3H2,(H,9,12,13)(H,10,11,14). The molecule has 76 valence electrons. The van der Waals surface area contributed by atoms with Crippen molar-refractivity contribution in [3.8, 4) is 11.5 Å². The molecule has 0 atom stereocenters. The van der Waals surface area contributed by atoms with Gasteiger partial charge in [0.2, 0.25) is 0 Å². The van der Waals surface area contributed by atoms with Gasteiger partial charge in [0.15, 0.2) is 5.82 Å². The van der Waals surface area contributed by atoms with E-state index in [4.69, 9.17) is 0 Å². The molecule has 6 nitrogen and oxygen atoms in total. The van der Waals surface area contributed by atoms with Gasteiger partial charge in [-0.3, -0.25) is 4.79 Å². The normalized spacial score (nSPS) is 14.1. The van der Waals surface area contributed by atoms with Crippen LogP contribution in [-0.4, -0.2) is 25.4 Å². The van der Waals surface area contributed by atoms with E-state index in [0.29, 0.717) is 11.5 Å². The van der Waals surface area contributed by atoms with Gasteiger partial charge in [0.1, 0.15) is 5.69 Å². The Kier molecular flexibility index (Phi) is 1.84. The van der Waals surface area contributed by atoms with Gasteiger partial charge in [-0.25, -0.2) is 4.98 Å². The summed E-state index contributed by atoms with van der Waals surface area (Å²) in [5, 5.41) is 10.0. The summed E-state index contributed by atoms with van der Waals surface area (Å²) in [5.74, 6) is 2.02. The average molecular weight is 221 g/mol. The molecule has 0 spiro atoms. The highest BCUT2D eigenvalue weighted by Crippen LogP contribution is 2.26. The van der Waals surface area contributed by atoms with Crippen LogP contribution in [0.5, 0.6) is 0 Å². The second kappa shape index (κ2) is 3.20. The van der Waals surface area contributed by atoms with Gasteiger partial charge >= 0.3 is 0 Å². The van der Waals surface area contributed by atoms with Gasteiger partial charge in [-0.15, -0.1) is 0 Å². The number of nitrogens with one attached hydrogen (secondary N) is 2. The van der Waals surface area contributed by atoms with Crippen LogP contribution >= 0.6 is 11.8 Å². The molecule has 0 unspecified atom stereocenters. The molecule has 0 saturated carbocycles. The van der Waals surface area contributed by atoms with E-state index in [9.17, 15) is 4.79 Å². The summed E-state index contributed by atoms with van der Waals surface area (Å²) in [7, 11) is 0. The maximum atomic E-state index is 11.7. The fourth-order valence-electron chi connectivity index (χ4n) is 1.50. The lowest BCUT2D eigenvalue weighted by atomic mass is 10.2. The molecule has 0 saturated heterocycles. The molecule has 2 aromatic rings. The first-order valence-corrected chi connectivity index (χ1v) is 5.56. The van der Waals surface area contributed by atoms with E-state index in [1.807, 2.05) is 0 Å². The molecule has 0 bridgehead atoms. The Balaban J connectivity index is 2.20. The third kappa shape index (κ3) is 1.35. The maximum absolute atomic E-state index is 11.7. The molecule has 0 aliphatic carbocycles. The Hall–Kier alpha value is -1.63. The summed E-state index contributed by atoms with van der Waals surface area (Å²) in [5.41, 5.74) is 2.14. The van der Waals surface area contributed by atoms with Crippen molar-refractivity contribution in [3.05, 3.63) is 27.8 Å². The minimum absolute atomic E-state index is 0.0667. The lowest BCUT2D eigenvalue weighted by Gasteiger charge is -1.99. The zero-order valence-electron chi connectivity index (χ0n) is 7.65. The quantitative estimate of drug-likeness (QED) is 0.723. The highest BCUT2D eigenvalue weighted by molar-refractivity contribution is 7.98. The van der Waals surface area contributed by atoms with Crippen molar-refractivity contribution >= 4 is 11.8 Å². The van der Waals surface area contributed by atoms with Crippen LogP contribution in [0, 0.1) is 0 Å². The molecule has 15 heavy (non-hydrogen) atoms. The number of nitrogens with zero attached hydrogens (tertiary/aromatic N) is 3. The van der Waals surface area contributed by atoms with E-state index in [0.717, 1.165) is 22.8 Å².